The van der Waals surface area contributed by atoms with Gasteiger partial charge in [0.1, 0.15) is 6.07 Å². The lowest BCUT2D eigenvalue weighted by Crippen LogP contribution is -1.93. The molecule has 2 rings (SSSR count). The van der Waals surface area contributed by atoms with Gasteiger partial charge in [-0.15, -0.1) is 0 Å². The number of hydrazone groups is 1. The molecule has 3 heteroatoms. The summed E-state index contributed by atoms with van der Waals surface area (Å²) in [6.07, 6.45) is 1.78. The molecule has 3 nitrogen and oxygen atoms in total. The van der Waals surface area contributed by atoms with Gasteiger partial charge in [0.25, 0.3) is 0 Å². The number of para-hydroxylation sites is 1. The Hall–Kier alpha value is -2.08. The molecule has 0 unspecified atom stereocenters. The summed E-state index contributed by atoms with van der Waals surface area (Å²) >= 11 is 0. The maximum absolute atomic E-state index is 8.75. The summed E-state index contributed by atoms with van der Waals surface area (Å²) < 4.78 is 0. The normalized spacial score (nSPS) is 14.0. The number of hydrogen-bond acceptors (Lipinski definition) is 3. The van der Waals surface area contributed by atoms with Crippen molar-refractivity contribution in [3.8, 4) is 6.07 Å². The first-order chi connectivity index (χ1) is 6.81. The lowest BCUT2D eigenvalue weighted by molar-refractivity contribution is 1.34. The van der Waals surface area contributed by atoms with Crippen LogP contribution in [0.3, 0.4) is 0 Å². The summed E-state index contributed by atoms with van der Waals surface area (Å²) in [6.45, 7) is 1.97. The molecule has 1 aromatic carbocycles. The monoisotopic (exact) mass is 183 g/mol. The molecule has 14 heavy (non-hydrogen) atoms. The molecular weight excluding hydrogens is 174 g/mol. The molecule has 0 aromatic heterocycles. The Balaban J connectivity index is 2.56. The van der Waals surface area contributed by atoms with Crippen LogP contribution < -0.4 is 5.43 Å². The highest BCUT2D eigenvalue weighted by atomic mass is 15.3. The Morgan fingerprint density at radius 2 is 2.14 bits per heavy atom. The minimum absolute atomic E-state index is 0.402. The highest BCUT2D eigenvalue weighted by Gasteiger charge is 2.07. The first kappa shape index (κ1) is 8.52. The Morgan fingerprint density at radius 1 is 1.36 bits per heavy atom. The number of hydrogen-bond donors (Lipinski definition) is 1. The molecule has 0 saturated carbocycles. The van der Waals surface area contributed by atoms with Gasteiger partial charge in [-0.2, -0.15) is 10.4 Å². The van der Waals surface area contributed by atoms with E-state index in [2.05, 4.69) is 10.5 Å². The molecule has 1 aliphatic rings. The molecule has 0 radical (unpaired) electrons. The minimum Gasteiger partial charge on any atom is -0.277 e. The van der Waals surface area contributed by atoms with Crippen molar-refractivity contribution in [1.82, 2.24) is 0 Å². The minimum atomic E-state index is 0.402. The Morgan fingerprint density at radius 3 is 2.93 bits per heavy atom. The van der Waals surface area contributed by atoms with Gasteiger partial charge < -0.3 is 0 Å². The number of nitrogens with zero attached hydrogens (tertiary/aromatic N) is 2. The molecule has 1 N–H and O–H groups in total. The average Bonchev–Trinajstić information content (AvgIpc) is 2.39. The molecule has 0 spiro atoms. The molecule has 1 heterocycles. The molecule has 1 aliphatic heterocycles. The molecular formula is C11H9N3. The highest BCUT2D eigenvalue weighted by molar-refractivity contribution is 6.12. The first-order valence-corrected chi connectivity index (χ1v) is 4.33. The van der Waals surface area contributed by atoms with Crippen molar-refractivity contribution >= 4 is 17.0 Å². The quantitative estimate of drug-likeness (QED) is 0.671. The van der Waals surface area contributed by atoms with Crippen LogP contribution in [-0.4, -0.2) is 5.71 Å². The van der Waals surface area contributed by atoms with E-state index >= 15 is 0 Å². The van der Waals surface area contributed by atoms with Crippen molar-refractivity contribution < 1.29 is 0 Å². The number of fused-ring (bicyclic) bond motifs is 1. The third-order valence-electron chi connectivity index (χ3n) is 2.12. The van der Waals surface area contributed by atoms with E-state index in [0.29, 0.717) is 5.71 Å². The van der Waals surface area contributed by atoms with E-state index in [-0.39, 0.29) is 0 Å². The van der Waals surface area contributed by atoms with Crippen LogP contribution in [0.1, 0.15) is 12.5 Å². The summed E-state index contributed by atoms with van der Waals surface area (Å²) in [5.41, 5.74) is 6.34. The van der Waals surface area contributed by atoms with Crippen LogP contribution in [0.25, 0.3) is 5.57 Å². The number of rotatable bonds is 0. The number of allylic oxidation sites excluding steroid dienone is 2. The molecule has 1 aromatic rings. The molecule has 0 bridgehead atoms. The predicted molar refractivity (Wildman–Crippen MR) is 56.8 cm³/mol. The van der Waals surface area contributed by atoms with Gasteiger partial charge in [0.05, 0.1) is 5.69 Å². The summed E-state index contributed by atoms with van der Waals surface area (Å²) in [7, 11) is 0. The average molecular weight is 183 g/mol. The van der Waals surface area contributed by atoms with E-state index < -0.39 is 0 Å². The summed E-state index contributed by atoms with van der Waals surface area (Å²) in [5, 5.41) is 12.7. The number of benzene rings is 1. The molecule has 0 fully saturated rings. The highest BCUT2D eigenvalue weighted by Crippen LogP contribution is 2.25. The van der Waals surface area contributed by atoms with Gasteiger partial charge in [0.2, 0.25) is 0 Å². The third kappa shape index (κ3) is 1.38. The molecule has 0 saturated heterocycles. The summed E-state index contributed by atoms with van der Waals surface area (Å²) in [4.78, 5) is 0. The number of nitrogens with one attached hydrogen (secondary N) is 1. The lowest BCUT2D eigenvalue weighted by Gasteiger charge is -2.05. The van der Waals surface area contributed by atoms with Gasteiger partial charge in [-0.25, -0.2) is 0 Å². The van der Waals surface area contributed by atoms with Crippen LogP contribution in [0.5, 0.6) is 0 Å². The van der Waals surface area contributed by atoms with Crippen molar-refractivity contribution in [3.63, 3.8) is 0 Å². The predicted octanol–water partition coefficient (Wildman–Crippen LogP) is 2.39. The lowest BCUT2D eigenvalue weighted by atomic mass is 10.0. The van der Waals surface area contributed by atoms with Gasteiger partial charge in [-0.3, -0.25) is 5.43 Å². The van der Waals surface area contributed by atoms with E-state index in [4.69, 9.17) is 5.26 Å². The Kier molecular flexibility index (Phi) is 2.04. The number of anilines is 1. The van der Waals surface area contributed by atoms with Crippen LogP contribution in [0.4, 0.5) is 5.69 Å². The van der Waals surface area contributed by atoms with Gasteiger partial charge in [0.15, 0.2) is 5.71 Å². The zero-order valence-corrected chi connectivity index (χ0v) is 7.78. The maximum Gasteiger partial charge on any atom is 0.161 e. The fourth-order valence-corrected chi connectivity index (χ4v) is 1.42. The van der Waals surface area contributed by atoms with Crippen LogP contribution in [0.15, 0.2) is 35.4 Å². The second-order valence-corrected chi connectivity index (χ2v) is 3.09. The SMILES string of the molecule is CC1=CC(C#N)=NNc2ccccc21. The zero-order valence-electron chi connectivity index (χ0n) is 7.78. The van der Waals surface area contributed by atoms with Gasteiger partial charge >= 0.3 is 0 Å². The van der Waals surface area contributed by atoms with Gasteiger partial charge in [-0.1, -0.05) is 18.2 Å². The van der Waals surface area contributed by atoms with Gasteiger partial charge in [-0.05, 0) is 24.6 Å². The Bertz CT molecular complexity index is 464. The Labute approximate surface area is 82.4 Å². The van der Waals surface area contributed by atoms with E-state index in [1.807, 2.05) is 37.3 Å². The van der Waals surface area contributed by atoms with Crippen LogP contribution in [-0.2, 0) is 0 Å². The standard InChI is InChI=1S/C11H9N3/c1-8-6-9(7-12)13-14-11-5-3-2-4-10(8)11/h2-6,14H,1H3. The van der Waals surface area contributed by atoms with E-state index in [1.165, 1.54) is 0 Å². The third-order valence-corrected chi connectivity index (χ3v) is 2.12. The largest absolute Gasteiger partial charge is 0.277 e. The fraction of sp³-hybridized carbons (Fsp3) is 0.0909. The van der Waals surface area contributed by atoms with Crippen LogP contribution in [0, 0.1) is 11.3 Å². The number of nitriles is 1. The summed E-state index contributed by atoms with van der Waals surface area (Å²) in [6, 6.07) is 9.87. The molecule has 0 atom stereocenters. The smallest absolute Gasteiger partial charge is 0.161 e. The van der Waals surface area contributed by atoms with E-state index in [0.717, 1.165) is 16.8 Å². The molecule has 68 valence electrons. The van der Waals surface area contributed by atoms with Gasteiger partial charge in [0, 0.05) is 5.56 Å². The topological polar surface area (TPSA) is 48.2 Å². The first-order valence-electron chi connectivity index (χ1n) is 4.33. The van der Waals surface area contributed by atoms with Crippen molar-refractivity contribution in [3.05, 3.63) is 35.9 Å². The molecule has 0 aliphatic carbocycles. The zero-order chi connectivity index (χ0) is 9.97. The van der Waals surface area contributed by atoms with Crippen molar-refractivity contribution in [2.45, 2.75) is 6.92 Å². The van der Waals surface area contributed by atoms with Crippen molar-refractivity contribution in [2.75, 3.05) is 5.43 Å². The van der Waals surface area contributed by atoms with Crippen molar-refractivity contribution in [2.24, 2.45) is 5.10 Å². The van der Waals surface area contributed by atoms with E-state index in [1.54, 1.807) is 6.08 Å². The van der Waals surface area contributed by atoms with Crippen molar-refractivity contribution in [1.29, 1.82) is 5.26 Å². The summed E-state index contributed by atoms with van der Waals surface area (Å²) in [5.74, 6) is 0. The molecule has 0 amide bonds. The maximum atomic E-state index is 8.75. The van der Waals surface area contributed by atoms with Crippen LogP contribution >= 0.6 is 0 Å². The second-order valence-electron chi connectivity index (χ2n) is 3.09. The van der Waals surface area contributed by atoms with E-state index in [9.17, 15) is 0 Å². The fourth-order valence-electron chi connectivity index (χ4n) is 1.42. The second kappa shape index (κ2) is 3.35. The van der Waals surface area contributed by atoms with Crippen LogP contribution in [0.2, 0.25) is 0 Å².